The van der Waals surface area contributed by atoms with Crippen LogP contribution in [0.5, 0.6) is 0 Å². The topological polar surface area (TPSA) is 122 Å². The smallest absolute Gasteiger partial charge is 0.407 e. The van der Waals surface area contributed by atoms with Gasteiger partial charge in [-0.1, -0.05) is 111 Å². The molecule has 0 radical (unpaired) electrons. The fourth-order valence-electron chi connectivity index (χ4n) is 6.40. The highest BCUT2D eigenvalue weighted by atomic mass is 16.4. The summed E-state index contributed by atoms with van der Waals surface area (Å²) < 4.78 is 0. The van der Waals surface area contributed by atoms with Crippen molar-refractivity contribution in [1.82, 2.24) is 15.1 Å². The molecular formula is C42H49N5O5. The zero-order chi connectivity index (χ0) is 36.9. The summed E-state index contributed by atoms with van der Waals surface area (Å²) in [6, 6.07) is 31.2. The Morgan fingerprint density at radius 1 is 0.750 bits per heavy atom. The maximum absolute atomic E-state index is 14.1. The van der Waals surface area contributed by atoms with Crippen LogP contribution in [0.25, 0.3) is 11.1 Å². The van der Waals surface area contributed by atoms with Gasteiger partial charge in [0.05, 0.1) is 0 Å². The number of rotatable bonds is 15. The maximum Gasteiger partial charge on any atom is 0.407 e. The van der Waals surface area contributed by atoms with Crippen LogP contribution >= 0.6 is 0 Å². The lowest BCUT2D eigenvalue weighted by Crippen LogP contribution is -2.54. The van der Waals surface area contributed by atoms with Gasteiger partial charge in [0.25, 0.3) is 0 Å². The van der Waals surface area contributed by atoms with Gasteiger partial charge in [-0.3, -0.25) is 14.5 Å². The van der Waals surface area contributed by atoms with E-state index in [0.29, 0.717) is 29.8 Å². The van der Waals surface area contributed by atoms with E-state index in [2.05, 4.69) is 17.6 Å². The summed E-state index contributed by atoms with van der Waals surface area (Å²) in [6.45, 7) is 3.89. The van der Waals surface area contributed by atoms with E-state index in [1.54, 1.807) is 47.2 Å². The molecule has 1 aliphatic rings. The molecule has 4 amide bonds. The average molecular weight is 704 g/mol. The first-order chi connectivity index (χ1) is 25.2. The van der Waals surface area contributed by atoms with Crippen LogP contribution in [0.4, 0.5) is 21.0 Å². The monoisotopic (exact) mass is 703 g/mol. The summed E-state index contributed by atoms with van der Waals surface area (Å²) in [4.78, 5) is 56.6. The van der Waals surface area contributed by atoms with Crippen molar-refractivity contribution in [2.45, 2.75) is 51.5 Å². The van der Waals surface area contributed by atoms with E-state index in [1.807, 2.05) is 72.8 Å². The fourth-order valence-corrected chi connectivity index (χ4v) is 6.40. The van der Waals surface area contributed by atoms with E-state index in [4.69, 9.17) is 0 Å². The number of benzene rings is 4. The van der Waals surface area contributed by atoms with Crippen LogP contribution in [-0.2, 0) is 11.2 Å². The third-order valence-electron chi connectivity index (χ3n) is 9.52. The van der Waals surface area contributed by atoms with Gasteiger partial charge in [0.1, 0.15) is 6.04 Å². The van der Waals surface area contributed by atoms with Crippen molar-refractivity contribution in [2.75, 3.05) is 50.0 Å². The molecule has 0 aliphatic carbocycles. The van der Waals surface area contributed by atoms with E-state index >= 15 is 0 Å². The first kappa shape index (κ1) is 37.6. The Morgan fingerprint density at radius 2 is 1.42 bits per heavy atom. The maximum atomic E-state index is 14.1. The number of anilines is 2. The van der Waals surface area contributed by atoms with E-state index in [0.717, 1.165) is 35.2 Å². The van der Waals surface area contributed by atoms with Gasteiger partial charge in [-0.15, -0.1) is 0 Å². The highest BCUT2D eigenvalue weighted by Crippen LogP contribution is 2.27. The molecule has 4 aromatic rings. The van der Waals surface area contributed by atoms with E-state index < -0.39 is 12.1 Å². The van der Waals surface area contributed by atoms with Gasteiger partial charge in [0.15, 0.2) is 5.78 Å². The number of carboxylic acid groups (broad SMARTS) is 1. The first-order valence-corrected chi connectivity index (χ1v) is 18.2. The van der Waals surface area contributed by atoms with E-state index in [1.165, 1.54) is 24.2 Å². The van der Waals surface area contributed by atoms with Crippen molar-refractivity contribution in [3.63, 3.8) is 0 Å². The second-order valence-electron chi connectivity index (χ2n) is 13.2. The molecule has 272 valence electrons. The largest absolute Gasteiger partial charge is 0.465 e. The Hall–Kier alpha value is -5.64. The third kappa shape index (κ3) is 9.99. The van der Waals surface area contributed by atoms with Crippen molar-refractivity contribution in [1.29, 1.82) is 0 Å². The Balaban J connectivity index is 1.31. The summed E-state index contributed by atoms with van der Waals surface area (Å²) in [7, 11) is 1.77. The number of carbonyl (C=O) groups is 4. The molecule has 1 atom stereocenters. The van der Waals surface area contributed by atoms with Crippen molar-refractivity contribution in [2.24, 2.45) is 0 Å². The molecule has 0 spiro atoms. The standard InChI is InChI=1S/C42H49N5O5/c1-3-4-5-6-12-24-43-41(50)45(2)35-17-13-16-34(30-35)32-22-20-31(21-23-32)29-38(40(49)46-25-27-47(28-26-46)42(51)52)44-37-19-11-10-18-36(37)39(48)33-14-8-7-9-15-33/h7-11,13-23,30,38,44H,3-6,12,24-29H2,1-2H3,(H,43,50)(H,51,52)/t38-/m0/s1. The Bertz CT molecular complexity index is 1810. The molecule has 10 heteroatoms. The predicted octanol–water partition coefficient (Wildman–Crippen LogP) is 7.55. The van der Waals surface area contributed by atoms with Crippen molar-refractivity contribution in [3.8, 4) is 11.1 Å². The lowest BCUT2D eigenvalue weighted by Gasteiger charge is -2.35. The zero-order valence-electron chi connectivity index (χ0n) is 30.1. The minimum Gasteiger partial charge on any atom is -0.465 e. The lowest BCUT2D eigenvalue weighted by atomic mass is 9.98. The summed E-state index contributed by atoms with van der Waals surface area (Å²) in [5, 5.41) is 15.8. The third-order valence-corrected chi connectivity index (χ3v) is 9.52. The van der Waals surface area contributed by atoms with Gasteiger partial charge in [-0.25, -0.2) is 9.59 Å². The Morgan fingerprint density at radius 3 is 2.13 bits per heavy atom. The summed E-state index contributed by atoms with van der Waals surface area (Å²) in [5.74, 6) is -0.312. The van der Waals surface area contributed by atoms with Crippen LogP contribution in [-0.4, -0.2) is 84.5 Å². The van der Waals surface area contributed by atoms with Crippen LogP contribution in [0.3, 0.4) is 0 Å². The molecule has 3 N–H and O–H groups in total. The van der Waals surface area contributed by atoms with Crippen LogP contribution in [0.1, 0.15) is 60.5 Å². The molecular weight excluding hydrogens is 654 g/mol. The zero-order valence-corrected chi connectivity index (χ0v) is 30.1. The lowest BCUT2D eigenvalue weighted by molar-refractivity contribution is -0.133. The van der Waals surface area contributed by atoms with Gasteiger partial charge in [-0.2, -0.15) is 0 Å². The molecule has 0 unspecified atom stereocenters. The van der Waals surface area contributed by atoms with Gasteiger partial charge < -0.3 is 25.5 Å². The molecule has 0 bridgehead atoms. The highest BCUT2D eigenvalue weighted by molar-refractivity contribution is 6.12. The van der Waals surface area contributed by atoms with Gasteiger partial charge >= 0.3 is 12.1 Å². The van der Waals surface area contributed by atoms with Gasteiger partial charge in [-0.05, 0) is 47.4 Å². The minimum absolute atomic E-state index is 0.136. The number of piperazine rings is 1. The predicted molar refractivity (Wildman–Crippen MR) is 206 cm³/mol. The Kier molecular flexibility index (Phi) is 13.4. The number of hydrogen-bond acceptors (Lipinski definition) is 5. The molecule has 10 nitrogen and oxygen atoms in total. The number of unbranched alkanes of at least 4 members (excludes halogenated alkanes) is 4. The average Bonchev–Trinajstić information content (AvgIpc) is 3.19. The summed E-state index contributed by atoms with van der Waals surface area (Å²) in [5.41, 5.74) is 5.19. The number of urea groups is 1. The normalized spacial score (nSPS) is 13.3. The van der Waals surface area contributed by atoms with E-state index in [9.17, 15) is 24.3 Å². The molecule has 0 saturated carbocycles. The number of ketones is 1. The number of carbonyl (C=O) groups excluding carboxylic acids is 3. The van der Waals surface area contributed by atoms with Crippen molar-refractivity contribution in [3.05, 3.63) is 120 Å². The van der Waals surface area contributed by atoms with Crippen molar-refractivity contribution >= 4 is 35.2 Å². The molecule has 1 aliphatic heterocycles. The molecule has 1 saturated heterocycles. The highest BCUT2D eigenvalue weighted by Gasteiger charge is 2.30. The number of hydrogen-bond donors (Lipinski definition) is 3. The van der Waals surface area contributed by atoms with E-state index in [-0.39, 0.29) is 43.9 Å². The van der Waals surface area contributed by atoms with Crippen LogP contribution in [0.15, 0.2) is 103 Å². The molecule has 1 fully saturated rings. The number of nitrogens with one attached hydrogen (secondary N) is 2. The molecule has 0 aromatic heterocycles. The van der Waals surface area contributed by atoms with Crippen LogP contribution in [0, 0.1) is 0 Å². The quantitative estimate of drug-likeness (QED) is 0.0869. The fraction of sp³-hybridized carbons (Fsp3) is 0.333. The SMILES string of the molecule is CCCCCCCNC(=O)N(C)c1cccc(-c2ccc(C[C@H](Nc3ccccc3C(=O)c3ccccc3)C(=O)N3CCN(C(=O)O)CC3)cc2)c1. The first-order valence-electron chi connectivity index (χ1n) is 18.2. The molecule has 4 aromatic carbocycles. The number of nitrogens with zero attached hydrogens (tertiary/aromatic N) is 3. The van der Waals surface area contributed by atoms with Crippen LogP contribution in [0.2, 0.25) is 0 Å². The second kappa shape index (κ2) is 18.6. The van der Waals surface area contributed by atoms with Crippen molar-refractivity contribution < 1.29 is 24.3 Å². The summed E-state index contributed by atoms with van der Waals surface area (Å²) in [6.07, 6.45) is 5.02. The molecule has 1 heterocycles. The summed E-state index contributed by atoms with van der Waals surface area (Å²) >= 11 is 0. The van der Waals surface area contributed by atoms with Crippen LogP contribution < -0.4 is 15.5 Å². The molecule has 52 heavy (non-hydrogen) atoms. The second-order valence-corrected chi connectivity index (χ2v) is 13.2. The van der Waals surface area contributed by atoms with Gasteiger partial charge in [0, 0.05) is 68.7 Å². The molecule has 5 rings (SSSR count). The van der Waals surface area contributed by atoms with Gasteiger partial charge in [0.2, 0.25) is 5.91 Å². The minimum atomic E-state index is -0.996. The number of para-hydroxylation sites is 1. The number of amides is 4. The Labute approximate surface area is 306 Å².